The van der Waals surface area contributed by atoms with Gasteiger partial charge in [0.1, 0.15) is 0 Å². The van der Waals surface area contributed by atoms with Crippen LogP contribution in [0, 0.1) is 29.6 Å². The summed E-state index contributed by atoms with van der Waals surface area (Å²) in [6.07, 6.45) is 11.7. The first-order valence-electron chi connectivity index (χ1n) is 9.77. The zero-order valence-corrected chi connectivity index (χ0v) is 15.2. The van der Waals surface area contributed by atoms with Gasteiger partial charge in [-0.25, -0.2) is 0 Å². The predicted octanol–water partition coefficient (Wildman–Crippen LogP) is 5.64. The van der Waals surface area contributed by atoms with Gasteiger partial charge in [-0.15, -0.1) is 0 Å². The normalized spacial score (nSPS) is 38.9. The fourth-order valence-corrected chi connectivity index (χ4v) is 5.41. The highest BCUT2D eigenvalue weighted by Crippen LogP contribution is 2.48. The summed E-state index contributed by atoms with van der Waals surface area (Å²) < 4.78 is 0. The average Bonchev–Trinajstić information content (AvgIpc) is 2.78. The first-order valence-corrected chi connectivity index (χ1v) is 9.77. The van der Waals surface area contributed by atoms with Crippen LogP contribution in [0.25, 0.3) is 0 Å². The zero-order chi connectivity index (χ0) is 15.4. The molecule has 1 heteroatoms. The Labute approximate surface area is 133 Å². The van der Waals surface area contributed by atoms with Crippen LogP contribution in [0.4, 0.5) is 0 Å². The predicted molar refractivity (Wildman–Crippen MR) is 93.5 cm³/mol. The molecule has 0 heterocycles. The topological polar surface area (TPSA) is 12.0 Å². The zero-order valence-electron chi connectivity index (χ0n) is 15.2. The van der Waals surface area contributed by atoms with Crippen LogP contribution in [0.5, 0.6) is 0 Å². The van der Waals surface area contributed by atoms with Gasteiger partial charge in [-0.05, 0) is 61.7 Å². The largest absolute Gasteiger partial charge is 0.312 e. The highest BCUT2D eigenvalue weighted by Gasteiger charge is 2.39. The van der Waals surface area contributed by atoms with Crippen LogP contribution in [-0.4, -0.2) is 12.1 Å². The summed E-state index contributed by atoms with van der Waals surface area (Å²) in [5, 5.41) is 3.77. The quantitative estimate of drug-likeness (QED) is 0.668. The molecule has 0 aromatic carbocycles. The number of hydrogen-bond acceptors (Lipinski definition) is 1. The molecule has 0 saturated heterocycles. The molecule has 2 aliphatic rings. The average molecular weight is 294 g/mol. The molecule has 1 nitrogen and oxygen atoms in total. The standard InChI is InChI=1S/C20H39N/c1-6-18(21-14(2)3)12-17-11-16(5)20(13-17)19-10-8-7-9-15(19)4/h14-21H,6-13H2,1-5H3. The Balaban J connectivity index is 1.87. The van der Waals surface area contributed by atoms with Gasteiger partial charge in [0, 0.05) is 12.1 Å². The smallest absolute Gasteiger partial charge is 0.00694 e. The van der Waals surface area contributed by atoms with Gasteiger partial charge in [-0.1, -0.05) is 53.9 Å². The molecule has 2 rings (SSSR count). The molecule has 2 aliphatic carbocycles. The second-order valence-electron chi connectivity index (χ2n) is 8.57. The Morgan fingerprint density at radius 2 is 1.67 bits per heavy atom. The molecule has 0 aromatic rings. The summed E-state index contributed by atoms with van der Waals surface area (Å²) in [7, 11) is 0. The van der Waals surface area contributed by atoms with Gasteiger partial charge in [-0.3, -0.25) is 0 Å². The lowest BCUT2D eigenvalue weighted by atomic mass is 9.70. The van der Waals surface area contributed by atoms with Crippen LogP contribution < -0.4 is 5.32 Å². The number of hydrogen-bond donors (Lipinski definition) is 1. The molecule has 6 unspecified atom stereocenters. The van der Waals surface area contributed by atoms with Gasteiger partial charge >= 0.3 is 0 Å². The third kappa shape index (κ3) is 4.71. The Hall–Kier alpha value is -0.0400. The third-order valence-corrected chi connectivity index (χ3v) is 6.45. The van der Waals surface area contributed by atoms with Crippen molar-refractivity contribution in [2.24, 2.45) is 29.6 Å². The number of rotatable bonds is 6. The van der Waals surface area contributed by atoms with Crippen molar-refractivity contribution in [3.8, 4) is 0 Å². The molecule has 0 aromatic heterocycles. The maximum atomic E-state index is 3.77. The van der Waals surface area contributed by atoms with Crippen molar-refractivity contribution in [3.05, 3.63) is 0 Å². The SMILES string of the molecule is CCC(CC1CC(C)C(C2CCCCC2C)C1)NC(C)C. The van der Waals surface area contributed by atoms with Crippen LogP contribution in [-0.2, 0) is 0 Å². The van der Waals surface area contributed by atoms with Crippen LogP contribution in [0.3, 0.4) is 0 Å². The van der Waals surface area contributed by atoms with E-state index < -0.39 is 0 Å². The monoisotopic (exact) mass is 293 g/mol. The summed E-state index contributed by atoms with van der Waals surface area (Å²) in [5.74, 6) is 5.01. The minimum atomic E-state index is 0.628. The number of nitrogens with one attached hydrogen (secondary N) is 1. The molecule has 0 spiro atoms. The van der Waals surface area contributed by atoms with Gasteiger partial charge in [0.25, 0.3) is 0 Å². The van der Waals surface area contributed by atoms with Crippen molar-refractivity contribution in [1.82, 2.24) is 5.32 Å². The van der Waals surface area contributed by atoms with Crippen LogP contribution in [0.15, 0.2) is 0 Å². The molecule has 1 N–H and O–H groups in total. The van der Waals surface area contributed by atoms with E-state index in [0.717, 1.165) is 35.6 Å². The molecule has 2 saturated carbocycles. The molecule has 0 aliphatic heterocycles. The lowest BCUT2D eigenvalue weighted by Gasteiger charge is -2.35. The maximum Gasteiger partial charge on any atom is 0.00694 e. The highest BCUT2D eigenvalue weighted by atomic mass is 14.9. The van der Waals surface area contributed by atoms with E-state index in [0.29, 0.717) is 6.04 Å². The second kappa shape index (κ2) is 7.99. The van der Waals surface area contributed by atoms with Crippen molar-refractivity contribution < 1.29 is 0 Å². The summed E-state index contributed by atoms with van der Waals surface area (Å²) in [6.45, 7) is 12.0. The molecule has 6 atom stereocenters. The molecule has 0 radical (unpaired) electrons. The van der Waals surface area contributed by atoms with E-state index in [1.165, 1.54) is 51.4 Å². The van der Waals surface area contributed by atoms with Crippen LogP contribution in [0.2, 0.25) is 0 Å². The van der Waals surface area contributed by atoms with Gasteiger partial charge in [0.15, 0.2) is 0 Å². The van der Waals surface area contributed by atoms with Crippen molar-refractivity contribution in [1.29, 1.82) is 0 Å². The fraction of sp³-hybridized carbons (Fsp3) is 1.00. The molecule has 2 fully saturated rings. The van der Waals surface area contributed by atoms with E-state index in [1.54, 1.807) is 0 Å². The summed E-state index contributed by atoms with van der Waals surface area (Å²) in [5.41, 5.74) is 0. The molecular formula is C20H39N. The second-order valence-corrected chi connectivity index (χ2v) is 8.57. The minimum Gasteiger partial charge on any atom is -0.312 e. The lowest BCUT2D eigenvalue weighted by molar-refractivity contribution is 0.146. The fourth-order valence-electron chi connectivity index (χ4n) is 5.41. The van der Waals surface area contributed by atoms with E-state index in [2.05, 4.69) is 39.9 Å². The van der Waals surface area contributed by atoms with E-state index >= 15 is 0 Å². The van der Waals surface area contributed by atoms with E-state index in [-0.39, 0.29) is 0 Å². The highest BCUT2D eigenvalue weighted by molar-refractivity contribution is 4.90. The Bertz CT molecular complexity index is 298. The van der Waals surface area contributed by atoms with Crippen LogP contribution >= 0.6 is 0 Å². The van der Waals surface area contributed by atoms with Crippen LogP contribution in [0.1, 0.15) is 86.0 Å². The van der Waals surface area contributed by atoms with Crippen molar-refractivity contribution >= 4 is 0 Å². The third-order valence-electron chi connectivity index (χ3n) is 6.45. The minimum absolute atomic E-state index is 0.628. The van der Waals surface area contributed by atoms with Gasteiger partial charge in [0.2, 0.25) is 0 Å². The maximum absolute atomic E-state index is 3.77. The van der Waals surface area contributed by atoms with Crippen molar-refractivity contribution in [3.63, 3.8) is 0 Å². The van der Waals surface area contributed by atoms with E-state index in [9.17, 15) is 0 Å². The van der Waals surface area contributed by atoms with E-state index in [1.807, 2.05) is 0 Å². The lowest BCUT2D eigenvalue weighted by Crippen LogP contribution is -2.35. The van der Waals surface area contributed by atoms with Gasteiger partial charge in [-0.2, -0.15) is 0 Å². The Morgan fingerprint density at radius 3 is 2.29 bits per heavy atom. The molecule has 0 amide bonds. The molecule has 0 bridgehead atoms. The molecule has 124 valence electrons. The summed E-state index contributed by atoms with van der Waals surface area (Å²) >= 11 is 0. The van der Waals surface area contributed by atoms with Crippen molar-refractivity contribution in [2.75, 3.05) is 0 Å². The first kappa shape index (κ1) is 17.3. The Kier molecular flexibility index (Phi) is 6.59. The van der Waals surface area contributed by atoms with Crippen molar-refractivity contribution in [2.45, 2.75) is 98.1 Å². The molecule has 21 heavy (non-hydrogen) atoms. The Morgan fingerprint density at radius 1 is 0.952 bits per heavy atom. The van der Waals surface area contributed by atoms with E-state index in [4.69, 9.17) is 0 Å². The first-order chi connectivity index (χ1) is 10.0. The van der Waals surface area contributed by atoms with Gasteiger partial charge < -0.3 is 5.32 Å². The molecular weight excluding hydrogens is 254 g/mol. The summed E-state index contributed by atoms with van der Waals surface area (Å²) in [4.78, 5) is 0. The summed E-state index contributed by atoms with van der Waals surface area (Å²) in [6, 6.07) is 1.37. The van der Waals surface area contributed by atoms with Gasteiger partial charge in [0.05, 0.1) is 0 Å².